The molecule has 0 aliphatic carbocycles. The van der Waals surface area contributed by atoms with E-state index >= 15 is 0 Å². The summed E-state index contributed by atoms with van der Waals surface area (Å²) >= 11 is 7.27. The summed E-state index contributed by atoms with van der Waals surface area (Å²) in [5.41, 5.74) is 2.47. The van der Waals surface area contributed by atoms with Crippen molar-refractivity contribution in [3.05, 3.63) is 104 Å². The summed E-state index contributed by atoms with van der Waals surface area (Å²) in [4.78, 5) is 43.4. The third-order valence-corrected chi connectivity index (χ3v) is 7.29. The number of ketones is 1. The number of nitro benzene ring substituents is 1. The van der Waals surface area contributed by atoms with Gasteiger partial charge in [-0.2, -0.15) is 0 Å². The van der Waals surface area contributed by atoms with Gasteiger partial charge in [0.15, 0.2) is 5.13 Å². The fourth-order valence-electron chi connectivity index (χ4n) is 4.28. The molecule has 5 rings (SSSR count). The lowest BCUT2D eigenvalue weighted by Crippen LogP contribution is -2.29. The molecule has 36 heavy (non-hydrogen) atoms. The zero-order valence-electron chi connectivity index (χ0n) is 19.1. The molecule has 3 aromatic carbocycles. The number of benzene rings is 3. The van der Waals surface area contributed by atoms with Gasteiger partial charge in [-0.05, 0) is 49.2 Å². The number of rotatable bonds is 4. The predicted octanol–water partition coefficient (Wildman–Crippen LogP) is 6.10. The Kier molecular flexibility index (Phi) is 5.82. The fourth-order valence-corrected chi connectivity index (χ4v) is 5.55. The maximum Gasteiger partial charge on any atom is 0.301 e. The van der Waals surface area contributed by atoms with E-state index in [1.165, 1.54) is 23.1 Å². The first-order valence-corrected chi connectivity index (χ1v) is 12.0. The van der Waals surface area contributed by atoms with Gasteiger partial charge in [-0.15, -0.1) is 0 Å². The van der Waals surface area contributed by atoms with Gasteiger partial charge in [-0.1, -0.05) is 52.8 Å². The van der Waals surface area contributed by atoms with Crippen LogP contribution < -0.4 is 4.90 Å². The Morgan fingerprint density at radius 1 is 1.11 bits per heavy atom. The SMILES string of the molecule is Cc1ccc(C)c(/C(O)=C2\C(=O)C(=O)N(c3nc4ccc(Cl)cc4s3)C2c2cccc([N+](=O)[O-])c2)c1. The van der Waals surface area contributed by atoms with E-state index in [1.54, 1.807) is 43.3 Å². The molecule has 180 valence electrons. The van der Waals surface area contributed by atoms with E-state index in [4.69, 9.17) is 11.6 Å². The monoisotopic (exact) mass is 519 g/mol. The van der Waals surface area contributed by atoms with E-state index in [9.17, 15) is 24.8 Å². The van der Waals surface area contributed by atoms with Crippen molar-refractivity contribution in [2.24, 2.45) is 0 Å². The Balaban J connectivity index is 1.78. The first-order chi connectivity index (χ1) is 17.2. The minimum atomic E-state index is -1.12. The van der Waals surface area contributed by atoms with Crippen LogP contribution in [0.5, 0.6) is 0 Å². The number of aliphatic hydroxyl groups excluding tert-OH is 1. The fraction of sp³-hybridized carbons (Fsp3) is 0.115. The highest BCUT2D eigenvalue weighted by Crippen LogP contribution is 2.45. The Hall–Kier alpha value is -4.08. The van der Waals surface area contributed by atoms with Crippen LogP contribution in [-0.2, 0) is 9.59 Å². The number of Topliss-reactive ketones (excluding diaryl/α,β-unsaturated/α-hetero) is 1. The molecule has 0 spiro atoms. The van der Waals surface area contributed by atoms with Crippen LogP contribution in [0.15, 0.2) is 66.2 Å². The minimum absolute atomic E-state index is 0.161. The Labute approximate surface area is 214 Å². The third-order valence-electron chi connectivity index (χ3n) is 6.03. The normalized spacial score (nSPS) is 17.2. The molecule has 0 saturated carbocycles. The van der Waals surface area contributed by atoms with Crippen molar-refractivity contribution in [2.45, 2.75) is 19.9 Å². The summed E-state index contributed by atoms with van der Waals surface area (Å²) in [5, 5.41) is 23.6. The number of halogens is 1. The molecule has 10 heteroatoms. The highest BCUT2D eigenvalue weighted by atomic mass is 35.5. The summed E-state index contributed by atoms with van der Waals surface area (Å²) in [6.07, 6.45) is 0. The molecular weight excluding hydrogens is 502 g/mol. The number of nitro groups is 1. The standard InChI is InChI=1S/C26H18ClN3O5S/c1-13-6-7-14(2)18(10-13)23(31)21-22(15-4-3-5-17(11-15)30(34)35)29(25(33)24(21)32)26-28-19-9-8-16(27)12-20(19)36-26/h3-12,22,31H,1-2H3/b23-21+. The van der Waals surface area contributed by atoms with Gasteiger partial charge in [0.1, 0.15) is 5.76 Å². The molecule has 1 N–H and O–H groups in total. The first kappa shape index (κ1) is 23.7. The van der Waals surface area contributed by atoms with Crippen LogP contribution in [0.1, 0.15) is 28.3 Å². The highest BCUT2D eigenvalue weighted by Gasteiger charge is 2.48. The molecule has 1 aliphatic heterocycles. The molecule has 2 heterocycles. The second-order valence-corrected chi connectivity index (χ2v) is 9.89. The second-order valence-electron chi connectivity index (χ2n) is 8.45. The summed E-state index contributed by atoms with van der Waals surface area (Å²) in [6.45, 7) is 3.63. The highest BCUT2D eigenvalue weighted by molar-refractivity contribution is 7.22. The molecule has 8 nitrogen and oxygen atoms in total. The summed E-state index contributed by atoms with van der Waals surface area (Å²) in [5.74, 6) is -2.14. The maximum atomic E-state index is 13.4. The van der Waals surface area contributed by atoms with Gasteiger partial charge in [-0.3, -0.25) is 24.6 Å². The third kappa shape index (κ3) is 3.92. The Bertz CT molecular complexity index is 1630. The number of carbonyl (C=O) groups excluding carboxylic acids is 2. The molecule has 1 atom stereocenters. The molecule has 1 saturated heterocycles. The van der Waals surface area contributed by atoms with Crippen molar-refractivity contribution in [3.8, 4) is 0 Å². The first-order valence-electron chi connectivity index (χ1n) is 10.8. The van der Waals surface area contributed by atoms with Crippen molar-refractivity contribution in [1.29, 1.82) is 0 Å². The lowest BCUT2D eigenvalue weighted by Gasteiger charge is -2.23. The van der Waals surface area contributed by atoms with Crippen molar-refractivity contribution in [2.75, 3.05) is 4.90 Å². The molecule has 1 fully saturated rings. The van der Waals surface area contributed by atoms with Gasteiger partial charge in [0.05, 0.1) is 26.8 Å². The van der Waals surface area contributed by atoms with Crippen molar-refractivity contribution >= 4 is 61.4 Å². The van der Waals surface area contributed by atoms with Gasteiger partial charge in [-0.25, -0.2) is 4.98 Å². The van der Waals surface area contributed by atoms with Crippen LogP contribution >= 0.6 is 22.9 Å². The smallest absolute Gasteiger partial charge is 0.301 e. The number of amides is 1. The summed E-state index contributed by atoms with van der Waals surface area (Å²) < 4.78 is 0.701. The van der Waals surface area contributed by atoms with Crippen LogP contribution in [0.25, 0.3) is 16.0 Å². The number of anilines is 1. The summed E-state index contributed by atoms with van der Waals surface area (Å²) in [6, 6.07) is 15.0. The molecule has 0 bridgehead atoms. The van der Waals surface area contributed by atoms with Gasteiger partial charge in [0.25, 0.3) is 11.5 Å². The molecule has 0 radical (unpaired) electrons. The van der Waals surface area contributed by atoms with Crippen LogP contribution in [0, 0.1) is 24.0 Å². The van der Waals surface area contributed by atoms with Crippen molar-refractivity contribution in [1.82, 2.24) is 4.98 Å². The maximum absolute atomic E-state index is 13.4. The predicted molar refractivity (Wildman–Crippen MR) is 138 cm³/mol. The number of aromatic nitrogens is 1. The topological polar surface area (TPSA) is 114 Å². The van der Waals surface area contributed by atoms with E-state index in [0.717, 1.165) is 16.9 Å². The van der Waals surface area contributed by atoms with Crippen LogP contribution in [0.4, 0.5) is 10.8 Å². The number of aliphatic hydroxyl groups is 1. The summed E-state index contributed by atoms with van der Waals surface area (Å²) in [7, 11) is 0. The van der Waals surface area contributed by atoms with Crippen LogP contribution in [-0.4, -0.2) is 26.7 Å². The van der Waals surface area contributed by atoms with E-state index in [2.05, 4.69) is 4.98 Å². The van der Waals surface area contributed by atoms with E-state index in [-0.39, 0.29) is 22.2 Å². The molecule has 1 unspecified atom stereocenters. The van der Waals surface area contributed by atoms with E-state index < -0.39 is 22.7 Å². The average Bonchev–Trinajstić information content (AvgIpc) is 3.38. The number of nitrogens with zero attached hydrogens (tertiary/aromatic N) is 3. The number of aryl methyl sites for hydroxylation is 2. The van der Waals surface area contributed by atoms with Gasteiger partial charge in [0.2, 0.25) is 0 Å². The number of fused-ring (bicyclic) bond motifs is 1. The van der Waals surface area contributed by atoms with E-state index in [0.29, 0.717) is 31.9 Å². The molecular formula is C26H18ClN3O5S. The molecule has 1 aliphatic rings. The Morgan fingerprint density at radius 2 is 1.89 bits per heavy atom. The second kappa shape index (κ2) is 8.85. The van der Waals surface area contributed by atoms with Crippen LogP contribution in [0.3, 0.4) is 0 Å². The van der Waals surface area contributed by atoms with Gasteiger partial charge >= 0.3 is 5.91 Å². The number of non-ortho nitro benzene ring substituents is 1. The molecule has 1 aromatic heterocycles. The zero-order valence-corrected chi connectivity index (χ0v) is 20.6. The number of hydrogen-bond acceptors (Lipinski definition) is 7. The quantitative estimate of drug-likeness (QED) is 0.114. The lowest BCUT2D eigenvalue weighted by molar-refractivity contribution is -0.384. The number of thiazole rings is 1. The van der Waals surface area contributed by atoms with Gasteiger partial charge in [0, 0.05) is 22.7 Å². The van der Waals surface area contributed by atoms with Crippen molar-refractivity contribution in [3.63, 3.8) is 0 Å². The number of hydrogen-bond donors (Lipinski definition) is 1. The van der Waals surface area contributed by atoms with E-state index in [1.807, 2.05) is 13.0 Å². The Morgan fingerprint density at radius 3 is 2.64 bits per heavy atom. The van der Waals surface area contributed by atoms with Gasteiger partial charge < -0.3 is 5.11 Å². The lowest BCUT2D eigenvalue weighted by atomic mass is 9.93. The molecule has 1 amide bonds. The average molecular weight is 520 g/mol. The van der Waals surface area contributed by atoms with Crippen molar-refractivity contribution < 1.29 is 19.6 Å². The minimum Gasteiger partial charge on any atom is -0.507 e. The zero-order chi connectivity index (χ0) is 25.7. The van der Waals surface area contributed by atoms with Crippen LogP contribution in [0.2, 0.25) is 5.02 Å². The molecule has 4 aromatic rings. The number of carbonyl (C=O) groups is 2. The largest absolute Gasteiger partial charge is 0.507 e.